The molecule has 1 N–H and O–H groups in total. The third-order valence-corrected chi connectivity index (χ3v) is 3.06. The van der Waals surface area contributed by atoms with E-state index >= 15 is 0 Å². The maximum atomic E-state index is 11.0. The van der Waals surface area contributed by atoms with Crippen LogP contribution in [0, 0.1) is 13.8 Å². The number of carbonyl (C=O) groups is 1. The second-order valence-corrected chi connectivity index (χ2v) is 5.12. The van der Waals surface area contributed by atoms with Gasteiger partial charge in [0.15, 0.2) is 0 Å². The monoisotopic (exact) mass is 311 g/mol. The number of aromatic nitrogens is 1. The maximum absolute atomic E-state index is 11.0. The van der Waals surface area contributed by atoms with Gasteiger partial charge < -0.3 is 9.84 Å². The van der Waals surface area contributed by atoms with Crippen LogP contribution in [-0.4, -0.2) is 16.1 Å². The molecule has 0 bridgehead atoms. The molecule has 4 nitrogen and oxygen atoms in total. The van der Waals surface area contributed by atoms with Gasteiger partial charge in [0.25, 0.3) is 0 Å². The van der Waals surface area contributed by atoms with Crippen LogP contribution in [0.2, 0.25) is 10.2 Å². The van der Waals surface area contributed by atoms with Crippen molar-refractivity contribution in [2.24, 2.45) is 0 Å². The van der Waals surface area contributed by atoms with Gasteiger partial charge in [0, 0.05) is 11.1 Å². The van der Waals surface area contributed by atoms with Gasteiger partial charge in [-0.05, 0) is 43.2 Å². The van der Waals surface area contributed by atoms with Crippen LogP contribution in [0.5, 0.6) is 11.6 Å². The Labute approximate surface area is 125 Å². The molecule has 0 aliphatic heterocycles. The Hall–Kier alpha value is -1.78. The van der Waals surface area contributed by atoms with Gasteiger partial charge in [0.2, 0.25) is 5.88 Å². The Morgan fingerprint density at radius 3 is 2.30 bits per heavy atom. The minimum absolute atomic E-state index is 0.0178. The van der Waals surface area contributed by atoms with E-state index in [2.05, 4.69) is 4.98 Å². The van der Waals surface area contributed by atoms with Crippen LogP contribution in [0.3, 0.4) is 0 Å². The van der Waals surface area contributed by atoms with Gasteiger partial charge in [0.1, 0.15) is 10.9 Å². The molecule has 104 valence electrons. The van der Waals surface area contributed by atoms with E-state index in [4.69, 9.17) is 33.0 Å². The van der Waals surface area contributed by atoms with Crippen LogP contribution in [0.25, 0.3) is 0 Å². The Morgan fingerprint density at radius 2 is 1.75 bits per heavy atom. The van der Waals surface area contributed by atoms with E-state index < -0.39 is 5.97 Å². The molecule has 1 heterocycles. The normalized spacial score (nSPS) is 10.4. The fourth-order valence-electron chi connectivity index (χ4n) is 1.81. The molecular weight excluding hydrogens is 301 g/mol. The fourth-order valence-corrected chi connectivity index (χ4v) is 2.34. The van der Waals surface area contributed by atoms with Gasteiger partial charge in [-0.25, -0.2) is 9.78 Å². The standard InChI is InChI=1S/C14H11Cl2NO3/c1-7-3-10(15)4-8(2)13(7)20-12-6-9(14(18)19)5-11(16)17-12/h3-6H,1-2H3,(H,18,19). The summed E-state index contributed by atoms with van der Waals surface area (Å²) in [6.45, 7) is 3.69. The molecule has 0 aliphatic rings. The quantitative estimate of drug-likeness (QED) is 0.848. The average Bonchev–Trinajstić information content (AvgIpc) is 2.33. The highest BCUT2D eigenvalue weighted by Gasteiger charge is 2.12. The lowest BCUT2D eigenvalue weighted by atomic mass is 10.1. The molecule has 0 fully saturated rings. The van der Waals surface area contributed by atoms with E-state index in [1.54, 1.807) is 12.1 Å². The number of aromatic carboxylic acids is 1. The summed E-state index contributed by atoms with van der Waals surface area (Å²) < 4.78 is 5.65. The number of aryl methyl sites for hydroxylation is 2. The highest BCUT2D eigenvalue weighted by atomic mass is 35.5. The van der Waals surface area contributed by atoms with E-state index in [-0.39, 0.29) is 16.6 Å². The smallest absolute Gasteiger partial charge is 0.335 e. The van der Waals surface area contributed by atoms with Crippen molar-refractivity contribution in [3.05, 3.63) is 51.1 Å². The average molecular weight is 312 g/mol. The van der Waals surface area contributed by atoms with E-state index in [1.165, 1.54) is 12.1 Å². The number of halogens is 2. The van der Waals surface area contributed by atoms with Crippen molar-refractivity contribution >= 4 is 29.2 Å². The zero-order valence-corrected chi connectivity index (χ0v) is 12.3. The van der Waals surface area contributed by atoms with Gasteiger partial charge in [-0.15, -0.1) is 0 Å². The van der Waals surface area contributed by atoms with Crippen molar-refractivity contribution in [3.8, 4) is 11.6 Å². The summed E-state index contributed by atoms with van der Waals surface area (Å²) in [7, 11) is 0. The molecule has 0 amide bonds. The molecule has 0 unspecified atom stereocenters. The Bertz CT molecular complexity index is 663. The maximum Gasteiger partial charge on any atom is 0.335 e. The minimum atomic E-state index is -1.09. The summed E-state index contributed by atoms with van der Waals surface area (Å²) in [6.07, 6.45) is 0. The zero-order valence-electron chi connectivity index (χ0n) is 10.8. The lowest BCUT2D eigenvalue weighted by Gasteiger charge is -2.12. The molecule has 0 aliphatic carbocycles. The SMILES string of the molecule is Cc1cc(Cl)cc(C)c1Oc1cc(C(=O)O)cc(Cl)n1. The fraction of sp³-hybridized carbons (Fsp3) is 0.143. The molecule has 0 radical (unpaired) electrons. The largest absolute Gasteiger partial charge is 0.478 e. The Balaban J connectivity index is 2.42. The first-order valence-electron chi connectivity index (χ1n) is 5.72. The highest BCUT2D eigenvalue weighted by Crippen LogP contribution is 2.31. The molecule has 1 aromatic heterocycles. The number of rotatable bonds is 3. The van der Waals surface area contributed by atoms with E-state index in [0.29, 0.717) is 10.8 Å². The summed E-state index contributed by atoms with van der Waals surface area (Å²) >= 11 is 11.7. The molecular formula is C14H11Cl2NO3. The Morgan fingerprint density at radius 1 is 1.15 bits per heavy atom. The van der Waals surface area contributed by atoms with Crippen LogP contribution in [0.15, 0.2) is 24.3 Å². The number of benzene rings is 1. The third kappa shape index (κ3) is 3.21. The number of carboxylic acid groups (broad SMARTS) is 1. The number of hydrogen-bond donors (Lipinski definition) is 1. The van der Waals surface area contributed by atoms with Crippen LogP contribution in [-0.2, 0) is 0 Å². The van der Waals surface area contributed by atoms with E-state index in [9.17, 15) is 4.79 Å². The number of carboxylic acids is 1. The summed E-state index contributed by atoms with van der Waals surface area (Å²) in [5.74, 6) is -0.382. The predicted octanol–water partition coefficient (Wildman–Crippen LogP) is 4.50. The van der Waals surface area contributed by atoms with Gasteiger partial charge in [-0.1, -0.05) is 23.2 Å². The van der Waals surface area contributed by atoms with Crippen molar-refractivity contribution in [1.82, 2.24) is 4.98 Å². The second kappa shape index (κ2) is 5.69. The second-order valence-electron chi connectivity index (χ2n) is 4.29. The molecule has 1 aromatic carbocycles. The molecule has 2 rings (SSSR count). The van der Waals surface area contributed by atoms with E-state index in [0.717, 1.165) is 11.1 Å². The van der Waals surface area contributed by atoms with Crippen LogP contribution < -0.4 is 4.74 Å². The lowest BCUT2D eigenvalue weighted by Crippen LogP contribution is -2.00. The topological polar surface area (TPSA) is 59.4 Å². The predicted molar refractivity (Wildman–Crippen MR) is 77.2 cm³/mol. The molecule has 2 aromatic rings. The van der Waals surface area contributed by atoms with Crippen LogP contribution in [0.1, 0.15) is 21.5 Å². The lowest BCUT2D eigenvalue weighted by molar-refractivity contribution is 0.0696. The number of nitrogens with zero attached hydrogens (tertiary/aromatic N) is 1. The summed E-state index contributed by atoms with van der Waals surface area (Å²) in [4.78, 5) is 14.9. The molecule has 20 heavy (non-hydrogen) atoms. The van der Waals surface area contributed by atoms with Crippen molar-refractivity contribution < 1.29 is 14.6 Å². The summed E-state index contributed by atoms with van der Waals surface area (Å²) in [6, 6.07) is 6.10. The van der Waals surface area contributed by atoms with E-state index in [1.807, 2.05) is 13.8 Å². The highest BCUT2D eigenvalue weighted by molar-refractivity contribution is 6.30. The first-order chi connectivity index (χ1) is 9.36. The van der Waals surface area contributed by atoms with Gasteiger partial charge >= 0.3 is 5.97 Å². The van der Waals surface area contributed by atoms with Crippen molar-refractivity contribution in [1.29, 1.82) is 0 Å². The number of pyridine rings is 1. The molecule has 6 heteroatoms. The first kappa shape index (κ1) is 14.6. The zero-order chi connectivity index (χ0) is 14.9. The first-order valence-corrected chi connectivity index (χ1v) is 6.48. The van der Waals surface area contributed by atoms with Crippen molar-refractivity contribution in [3.63, 3.8) is 0 Å². The molecule has 0 spiro atoms. The van der Waals surface area contributed by atoms with Gasteiger partial charge in [0.05, 0.1) is 5.56 Å². The number of ether oxygens (including phenoxy) is 1. The minimum Gasteiger partial charge on any atom is -0.478 e. The number of hydrogen-bond acceptors (Lipinski definition) is 3. The van der Waals surface area contributed by atoms with Crippen LogP contribution in [0.4, 0.5) is 0 Å². The van der Waals surface area contributed by atoms with Crippen LogP contribution >= 0.6 is 23.2 Å². The van der Waals surface area contributed by atoms with Crippen molar-refractivity contribution in [2.45, 2.75) is 13.8 Å². The molecule has 0 saturated carbocycles. The van der Waals surface area contributed by atoms with Gasteiger partial charge in [-0.2, -0.15) is 0 Å². The van der Waals surface area contributed by atoms with Crippen molar-refractivity contribution in [2.75, 3.05) is 0 Å². The molecule has 0 atom stereocenters. The van der Waals surface area contributed by atoms with Gasteiger partial charge in [-0.3, -0.25) is 0 Å². The third-order valence-electron chi connectivity index (χ3n) is 2.65. The molecule has 0 saturated heterocycles. The summed E-state index contributed by atoms with van der Waals surface area (Å²) in [5, 5.41) is 9.65. The summed E-state index contributed by atoms with van der Waals surface area (Å²) in [5.41, 5.74) is 1.67. The Kier molecular flexibility index (Phi) is 4.16.